The number of halogens is 1. The average molecular weight is 418 g/mol. The first kappa shape index (κ1) is 19.5. The van der Waals surface area contributed by atoms with Crippen molar-refractivity contribution in [2.75, 3.05) is 6.79 Å². The molecule has 5 rings (SSSR count). The van der Waals surface area contributed by atoms with E-state index in [1.807, 2.05) is 24.3 Å². The number of Topliss-reactive ketones (excluding diaryl/α,β-unsaturated/α-hetero) is 2. The Morgan fingerprint density at radius 2 is 1.74 bits per heavy atom. The molecule has 0 unspecified atom stereocenters. The molecule has 0 radical (unpaired) electrons. The van der Waals surface area contributed by atoms with Gasteiger partial charge in [0.15, 0.2) is 17.3 Å². The fourth-order valence-corrected chi connectivity index (χ4v) is 4.20. The molecule has 1 heterocycles. The molecular formula is C26H23FO4. The van der Waals surface area contributed by atoms with Gasteiger partial charge in [-0.05, 0) is 72.4 Å². The van der Waals surface area contributed by atoms with Gasteiger partial charge in [-0.25, -0.2) is 4.39 Å². The van der Waals surface area contributed by atoms with Crippen molar-refractivity contribution in [3.8, 4) is 22.6 Å². The lowest BCUT2D eigenvalue weighted by Gasteiger charge is -2.16. The van der Waals surface area contributed by atoms with E-state index in [2.05, 4.69) is 0 Å². The topological polar surface area (TPSA) is 52.6 Å². The molecular weight excluding hydrogens is 395 g/mol. The average Bonchev–Trinajstić information content (AvgIpc) is 3.46. The van der Waals surface area contributed by atoms with Gasteiger partial charge in [0.1, 0.15) is 11.6 Å². The standard InChI is InChI=1S/C26H21FO4.H2/c1-16(28)17-3-2-4-18(11-17)19-5-7-22(27)20(12-19)13-25(29)26(9-10-26)21-6-8-23-24(14-21)31-15-30-23;/h2-8,11-12,14H,9-10,13,15H2,1H3;1H. The number of carbonyl (C=O) groups excluding carboxylic acids is 2. The van der Waals surface area contributed by atoms with Crippen LogP contribution in [0, 0.1) is 5.82 Å². The van der Waals surface area contributed by atoms with Gasteiger partial charge in [0.05, 0.1) is 5.41 Å². The minimum Gasteiger partial charge on any atom is -0.454 e. The SMILES string of the molecule is CC(=O)c1cccc(-c2ccc(F)c(CC(=O)C3(c4ccc5c(c4)OCO5)CC3)c2)c1.[HH]. The Morgan fingerprint density at radius 3 is 2.52 bits per heavy atom. The zero-order valence-corrected chi connectivity index (χ0v) is 17.1. The quantitative estimate of drug-likeness (QED) is 0.495. The van der Waals surface area contributed by atoms with Gasteiger partial charge in [-0.2, -0.15) is 0 Å². The molecule has 3 aromatic rings. The van der Waals surface area contributed by atoms with Crippen molar-refractivity contribution in [3.63, 3.8) is 0 Å². The first-order valence-electron chi connectivity index (χ1n) is 10.3. The van der Waals surface area contributed by atoms with Gasteiger partial charge in [0.2, 0.25) is 6.79 Å². The maximum atomic E-state index is 14.6. The summed E-state index contributed by atoms with van der Waals surface area (Å²) in [7, 11) is 0. The zero-order valence-electron chi connectivity index (χ0n) is 17.1. The molecule has 0 N–H and O–H groups in total. The van der Waals surface area contributed by atoms with Crippen LogP contribution in [0.3, 0.4) is 0 Å². The lowest BCUT2D eigenvalue weighted by molar-refractivity contribution is -0.120. The van der Waals surface area contributed by atoms with Crippen LogP contribution in [0.2, 0.25) is 0 Å². The molecule has 1 aliphatic heterocycles. The van der Waals surface area contributed by atoms with Crippen molar-refractivity contribution in [2.24, 2.45) is 0 Å². The maximum Gasteiger partial charge on any atom is 0.231 e. The molecule has 0 spiro atoms. The fraction of sp³-hybridized carbons (Fsp3) is 0.231. The van der Waals surface area contributed by atoms with E-state index in [4.69, 9.17) is 9.47 Å². The van der Waals surface area contributed by atoms with Crippen LogP contribution < -0.4 is 9.47 Å². The third kappa shape index (κ3) is 3.50. The predicted octanol–water partition coefficient (Wildman–Crippen LogP) is 5.51. The van der Waals surface area contributed by atoms with E-state index >= 15 is 0 Å². The Balaban J connectivity index is 0.00000245. The van der Waals surface area contributed by atoms with Gasteiger partial charge in [0, 0.05) is 13.4 Å². The number of rotatable bonds is 6. The van der Waals surface area contributed by atoms with Gasteiger partial charge < -0.3 is 9.47 Å². The minimum absolute atomic E-state index is 0. The highest BCUT2D eigenvalue weighted by atomic mass is 19.1. The molecule has 0 atom stereocenters. The van der Waals surface area contributed by atoms with Crippen molar-refractivity contribution < 1.29 is 24.9 Å². The Kier molecular flexibility index (Phi) is 4.62. The smallest absolute Gasteiger partial charge is 0.231 e. The van der Waals surface area contributed by atoms with Crippen molar-refractivity contribution in [1.82, 2.24) is 0 Å². The summed E-state index contributed by atoms with van der Waals surface area (Å²) in [4.78, 5) is 25.0. The summed E-state index contributed by atoms with van der Waals surface area (Å²) in [6.07, 6.45) is 1.50. The molecule has 1 fully saturated rings. The van der Waals surface area contributed by atoms with Crippen LogP contribution >= 0.6 is 0 Å². The van der Waals surface area contributed by atoms with Gasteiger partial charge in [0.25, 0.3) is 0 Å². The van der Waals surface area contributed by atoms with E-state index in [0.717, 1.165) is 29.5 Å². The van der Waals surface area contributed by atoms with Gasteiger partial charge in [-0.1, -0.05) is 30.3 Å². The monoisotopic (exact) mass is 418 g/mol. The number of ketones is 2. The molecule has 0 saturated heterocycles. The van der Waals surface area contributed by atoms with Crippen molar-refractivity contribution in [1.29, 1.82) is 0 Å². The molecule has 0 aromatic heterocycles. The third-order valence-electron chi connectivity index (χ3n) is 6.21. The van der Waals surface area contributed by atoms with Gasteiger partial charge >= 0.3 is 0 Å². The second kappa shape index (κ2) is 7.34. The summed E-state index contributed by atoms with van der Waals surface area (Å²) in [5.74, 6) is 0.897. The highest BCUT2D eigenvalue weighted by molar-refractivity contribution is 5.96. The van der Waals surface area contributed by atoms with Crippen LogP contribution in [0.5, 0.6) is 11.5 Å². The first-order chi connectivity index (χ1) is 15.0. The summed E-state index contributed by atoms with van der Waals surface area (Å²) in [5.41, 5.74) is 2.87. The summed E-state index contributed by atoms with van der Waals surface area (Å²) < 4.78 is 25.4. The number of hydrogen-bond donors (Lipinski definition) is 0. The largest absolute Gasteiger partial charge is 0.454 e. The molecule has 0 bridgehead atoms. The van der Waals surface area contributed by atoms with E-state index in [1.165, 1.54) is 13.0 Å². The summed E-state index contributed by atoms with van der Waals surface area (Å²) in [5, 5.41) is 0. The first-order valence-corrected chi connectivity index (χ1v) is 10.3. The van der Waals surface area contributed by atoms with E-state index in [9.17, 15) is 14.0 Å². The molecule has 2 aliphatic rings. The number of ether oxygens (including phenoxy) is 2. The van der Waals surface area contributed by atoms with Gasteiger partial charge in [-0.15, -0.1) is 0 Å². The third-order valence-corrected chi connectivity index (χ3v) is 6.21. The van der Waals surface area contributed by atoms with Crippen molar-refractivity contribution >= 4 is 11.6 Å². The number of carbonyl (C=O) groups is 2. The second-order valence-electron chi connectivity index (χ2n) is 8.19. The molecule has 4 nitrogen and oxygen atoms in total. The van der Waals surface area contributed by atoms with Crippen LogP contribution in [-0.4, -0.2) is 18.4 Å². The highest BCUT2D eigenvalue weighted by Gasteiger charge is 2.51. The lowest BCUT2D eigenvalue weighted by atomic mass is 9.87. The molecule has 5 heteroatoms. The maximum absolute atomic E-state index is 14.6. The van der Waals surface area contributed by atoms with Crippen LogP contribution in [0.4, 0.5) is 4.39 Å². The molecule has 1 saturated carbocycles. The van der Waals surface area contributed by atoms with Gasteiger partial charge in [-0.3, -0.25) is 9.59 Å². The van der Waals surface area contributed by atoms with Crippen LogP contribution in [0.1, 0.15) is 42.7 Å². The molecule has 1 aliphatic carbocycles. The number of fused-ring (bicyclic) bond motifs is 1. The summed E-state index contributed by atoms with van der Waals surface area (Å²) in [6.45, 7) is 1.70. The van der Waals surface area contributed by atoms with E-state index in [0.29, 0.717) is 22.6 Å². The lowest BCUT2D eigenvalue weighted by Crippen LogP contribution is -2.23. The number of hydrogen-bond acceptors (Lipinski definition) is 4. The molecule has 3 aromatic carbocycles. The second-order valence-corrected chi connectivity index (χ2v) is 8.19. The van der Waals surface area contributed by atoms with E-state index < -0.39 is 11.2 Å². The Morgan fingerprint density at radius 1 is 0.968 bits per heavy atom. The minimum atomic E-state index is -0.585. The van der Waals surface area contributed by atoms with Crippen molar-refractivity contribution in [2.45, 2.75) is 31.6 Å². The molecule has 31 heavy (non-hydrogen) atoms. The van der Waals surface area contributed by atoms with Crippen LogP contribution in [0.15, 0.2) is 60.7 Å². The van der Waals surface area contributed by atoms with Crippen LogP contribution in [-0.2, 0) is 16.6 Å². The Labute approximate surface area is 181 Å². The van der Waals surface area contributed by atoms with E-state index in [-0.39, 0.29) is 26.2 Å². The summed E-state index contributed by atoms with van der Waals surface area (Å²) in [6, 6.07) is 17.6. The predicted molar refractivity (Wildman–Crippen MR) is 116 cm³/mol. The van der Waals surface area contributed by atoms with Crippen molar-refractivity contribution in [3.05, 3.63) is 83.2 Å². The van der Waals surface area contributed by atoms with E-state index in [1.54, 1.807) is 30.3 Å². The van der Waals surface area contributed by atoms with Crippen LogP contribution in [0.25, 0.3) is 11.1 Å². The highest BCUT2D eigenvalue weighted by Crippen LogP contribution is 2.51. The fourth-order valence-electron chi connectivity index (χ4n) is 4.20. The number of benzene rings is 3. The Hall–Kier alpha value is -3.47. The molecule has 158 valence electrons. The normalized spacial score (nSPS) is 15.5. The zero-order chi connectivity index (χ0) is 21.6. The Bertz CT molecular complexity index is 1220. The summed E-state index contributed by atoms with van der Waals surface area (Å²) >= 11 is 0. The molecule has 0 amide bonds.